The highest BCUT2D eigenvalue weighted by atomic mass is 35.5. The smallest absolute Gasteiger partial charge is 0.318 e. The summed E-state index contributed by atoms with van der Waals surface area (Å²) in [6.45, 7) is 4.22. The van der Waals surface area contributed by atoms with Crippen molar-refractivity contribution >= 4 is 34.9 Å². The number of piperazine rings is 1. The molecule has 0 saturated carbocycles. The van der Waals surface area contributed by atoms with E-state index in [9.17, 15) is 9.59 Å². The second-order valence-electron chi connectivity index (χ2n) is 6.85. The standard InChI is InChI=1S/C21H25ClN4O3/c1-15(20(27)24-17-6-4-8-19(14-17)29-2)23-21(28)26-11-9-25(10-12-26)18-7-3-5-16(22)13-18/h3-8,13-15H,9-12H2,1-2H3,(H,23,28)(H,24,27)/t15-/m1/s1. The summed E-state index contributed by atoms with van der Waals surface area (Å²) < 4.78 is 5.15. The number of ether oxygens (including phenoxy) is 1. The summed E-state index contributed by atoms with van der Waals surface area (Å²) in [5.41, 5.74) is 1.66. The number of hydrogen-bond donors (Lipinski definition) is 2. The zero-order valence-electron chi connectivity index (χ0n) is 16.5. The highest BCUT2D eigenvalue weighted by Crippen LogP contribution is 2.21. The number of halogens is 1. The van der Waals surface area contributed by atoms with E-state index in [0.29, 0.717) is 42.6 Å². The second-order valence-corrected chi connectivity index (χ2v) is 7.28. The van der Waals surface area contributed by atoms with Crippen LogP contribution in [0.25, 0.3) is 0 Å². The molecule has 7 nitrogen and oxygen atoms in total. The van der Waals surface area contributed by atoms with Crippen molar-refractivity contribution in [2.45, 2.75) is 13.0 Å². The number of anilines is 2. The van der Waals surface area contributed by atoms with Gasteiger partial charge in [-0.05, 0) is 37.3 Å². The molecule has 1 aliphatic rings. The predicted octanol–water partition coefficient (Wildman–Crippen LogP) is 3.21. The van der Waals surface area contributed by atoms with Gasteiger partial charge in [-0.3, -0.25) is 4.79 Å². The highest BCUT2D eigenvalue weighted by Gasteiger charge is 2.24. The van der Waals surface area contributed by atoms with Crippen molar-refractivity contribution in [3.05, 3.63) is 53.6 Å². The van der Waals surface area contributed by atoms with E-state index < -0.39 is 6.04 Å². The van der Waals surface area contributed by atoms with Crippen molar-refractivity contribution in [3.63, 3.8) is 0 Å². The number of benzene rings is 2. The molecule has 2 aromatic carbocycles. The Bertz CT molecular complexity index is 869. The van der Waals surface area contributed by atoms with Gasteiger partial charge in [0.25, 0.3) is 0 Å². The van der Waals surface area contributed by atoms with E-state index in [1.165, 1.54) is 0 Å². The molecule has 0 radical (unpaired) electrons. The number of urea groups is 1. The normalized spacial score (nSPS) is 14.9. The van der Waals surface area contributed by atoms with Gasteiger partial charge in [-0.2, -0.15) is 0 Å². The van der Waals surface area contributed by atoms with Crippen LogP contribution >= 0.6 is 11.6 Å². The molecule has 29 heavy (non-hydrogen) atoms. The van der Waals surface area contributed by atoms with E-state index in [1.54, 1.807) is 43.2 Å². The summed E-state index contributed by atoms with van der Waals surface area (Å²) in [6.07, 6.45) is 0. The third-order valence-electron chi connectivity index (χ3n) is 4.81. The summed E-state index contributed by atoms with van der Waals surface area (Å²) in [5, 5.41) is 6.24. The Labute approximate surface area is 175 Å². The van der Waals surface area contributed by atoms with Gasteiger partial charge in [-0.1, -0.05) is 23.7 Å². The van der Waals surface area contributed by atoms with Gasteiger partial charge in [0.2, 0.25) is 5.91 Å². The highest BCUT2D eigenvalue weighted by molar-refractivity contribution is 6.30. The first-order valence-corrected chi connectivity index (χ1v) is 9.85. The molecule has 0 aromatic heterocycles. The molecule has 1 heterocycles. The zero-order chi connectivity index (χ0) is 20.8. The molecule has 1 atom stereocenters. The maximum absolute atomic E-state index is 12.5. The van der Waals surface area contributed by atoms with Crippen molar-refractivity contribution in [1.29, 1.82) is 0 Å². The van der Waals surface area contributed by atoms with Gasteiger partial charge in [0, 0.05) is 48.6 Å². The topological polar surface area (TPSA) is 73.9 Å². The van der Waals surface area contributed by atoms with Crippen LogP contribution in [0.2, 0.25) is 5.02 Å². The molecule has 0 unspecified atom stereocenters. The van der Waals surface area contributed by atoms with Gasteiger partial charge in [0.05, 0.1) is 7.11 Å². The number of hydrogen-bond acceptors (Lipinski definition) is 4. The molecular formula is C21H25ClN4O3. The first kappa shape index (κ1) is 20.8. The first-order valence-electron chi connectivity index (χ1n) is 9.47. The molecule has 2 N–H and O–H groups in total. The quantitative estimate of drug-likeness (QED) is 0.784. The van der Waals surface area contributed by atoms with Crippen LogP contribution in [0.15, 0.2) is 48.5 Å². The number of nitrogens with one attached hydrogen (secondary N) is 2. The summed E-state index contributed by atoms with van der Waals surface area (Å²) in [4.78, 5) is 28.8. The van der Waals surface area contributed by atoms with Crippen LogP contribution < -0.4 is 20.3 Å². The van der Waals surface area contributed by atoms with E-state index in [0.717, 1.165) is 5.69 Å². The molecule has 1 saturated heterocycles. The molecule has 1 aliphatic heterocycles. The Balaban J connectivity index is 1.49. The van der Waals surface area contributed by atoms with E-state index >= 15 is 0 Å². The molecule has 1 fully saturated rings. The van der Waals surface area contributed by atoms with E-state index in [-0.39, 0.29) is 11.9 Å². The molecule has 2 aromatic rings. The van der Waals surface area contributed by atoms with Gasteiger partial charge < -0.3 is 25.2 Å². The third kappa shape index (κ3) is 5.54. The number of nitrogens with zero attached hydrogens (tertiary/aromatic N) is 2. The average Bonchev–Trinajstić information content (AvgIpc) is 2.74. The molecule has 3 amide bonds. The van der Waals surface area contributed by atoms with Crippen molar-refractivity contribution in [2.75, 3.05) is 43.5 Å². The number of carbonyl (C=O) groups is 2. The minimum atomic E-state index is -0.667. The van der Waals surface area contributed by atoms with E-state index in [2.05, 4.69) is 15.5 Å². The lowest BCUT2D eigenvalue weighted by atomic mass is 10.2. The fourth-order valence-corrected chi connectivity index (χ4v) is 3.32. The maximum atomic E-state index is 12.5. The second kappa shape index (κ2) is 9.52. The maximum Gasteiger partial charge on any atom is 0.318 e. The van der Waals surface area contributed by atoms with Gasteiger partial charge in [0.1, 0.15) is 11.8 Å². The molecule has 154 valence electrons. The van der Waals surface area contributed by atoms with Crippen molar-refractivity contribution in [1.82, 2.24) is 10.2 Å². The lowest BCUT2D eigenvalue weighted by Crippen LogP contribution is -2.54. The third-order valence-corrected chi connectivity index (χ3v) is 5.05. The first-order chi connectivity index (χ1) is 14.0. The zero-order valence-corrected chi connectivity index (χ0v) is 17.3. The molecule has 0 spiro atoms. The van der Waals surface area contributed by atoms with Crippen LogP contribution in [-0.2, 0) is 4.79 Å². The Morgan fingerprint density at radius 3 is 2.48 bits per heavy atom. The molecule has 0 bridgehead atoms. The van der Waals surface area contributed by atoms with Crippen LogP contribution in [0.1, 0.15) is 6.92 Å². The number of carbonyl (C=O) groups excluding carboxylic acids is 2. The minimum Gasteiger partial charge on any atom is -0.497 e. The largest absolute Gasteiger partial charge is 0.497 e. The Morgan fingerprint density at radius 1 is 1.07 bits per heavy atom. The number of amides is 3. The number of rotatable bonds is 5. The van der Waals surface area contributed by atoms with Crippen LogP contribution in [-0.4, -0.2) is 56.2 Å². The Morgan fingerprint density at radius 2 is 1.79 bits per heavy atom. The van der Waals surface area contributed by atoms with Crippen LogP contribution in [0.5, 0.6) is 5.75 Å². The molecular weight excluding hydrogens is 392 g/mol. The lowest BCUT2D eigenvalue weighted by molar-refractivity contribution is -0.117. The summed E-state index contributed by atoms with van der Waals surface area (Å²) in [6, 6.07) is 13.8. The minimum absolute atomic E-state index is 0.246. The van der Waals surface area contributed by atoms with Gasteiger partial charge in [0.15, 0.2) is 0 Å². The van der Waals surface area contributed by atoms with Crippen LogP contribution in [0.3, 0.4) is 0 Å². The SMILES string of the molecule is COc1cccc(NC(=O)[C@@H](C)NC(=O)N2CCN(c3cccc(Cl)c3)CC2)c1. The summed E-state index contributed by atoms with van der Waals surface area (Å²) in [5.74, 6) is 0.362. The van der Waals surface area contributed by atoms with Crippen molar-refractivity contribution in [2.24, 2.45) is 0 Å². The van der Waals surface area contributed by atoms with Crippen LogP contribution in [0, 0.1) is 0 Å². The molecule has 3 rings (SSSR count). The van der Waals surface area contributed by atoms with Gasteiger partial charge >= 0.3 is 6.03 Å². The lowest BCUT2D eigenvalue weighted by Gasteiger charge is -2.36. The fourth-order valence-electron chi connectivity index (χ4n) is 3.13. The monoisotopic (exact) mass is 416 g/mol. The average molecular weight is 417 g/mol. The van der Waals surface area contributed by atoms with Crippen molar-refractivity contribution < 1.29 is 14.3 Å². The Kier molecular flexibility index (Phi) is 6.82. The predicted molar refractivity (Wildman–Crippen MR) is 115 cm³/mol. The fraction of sp³-hybridized carbons (Fsp3) is 0.333. The van der Waals surface area contributed by atoms with Gasteiger partial charge in [-0.15, -0.1) is 0 Å². The molecule has 8 heteroatoms. The summed E-state index contributed by atoms with van der Waals surface area (Å²) in [7, 11) is 1.57. The van der Waals surface area contributed by atoms with E-state index in [1.807, 2.05) is 24.3 Å². The summed E-state index contributed by atoms with van der Waals surface area (Å²) >= 11 is 6.06. The number of methoxy groups -OCH3 is 1. The van der Waals surface area contributed by atoms with E-state index in [4.69, 9.17) is 16.3 Å². The van der Waals surface area contributed by atoms with Crippen molar-refractivity contribution in [3.8, 4) is 5.75 Å². The van der Waals surface area contributed by atoms with Crippen LogP contribution in [0.4, 0.5) is 16.2 Å². The van der Waals surface area contributed by atoms with Gasteiger partial charge in [-0.25, -0.2) is 4.79 Å². The molecule has 0 aliphatic carbocycles. The Hall–Kier alpha value is -2.93.